The van der Waals surface area contributed by atoms with Crippen LogP contribution in [0.2, 0.25) is 0 Å². The first kappa shape index (κ1) is 12.3. The van der Waals surface area contributed by atoms with Crippen LogP contribution >= 0.6 is 11.8 Å². The average Bonchev–Trinajstić information content (AvgIpc) is 3.19. The molecule has 3 rings (SSSR count). The third kappa shape index (κ3) is 2.68. The molecule has 0 spiro atoms. The summed E-state index contributed by atoms with van der Waals surface area (Å²) in [6.45, 7) is 1.89. The molecule has 1 atom stereocenters. The molecule has 1 aliphatic rings. The fourth-order valence-corrected chi connectivity index (χ4v) is 2.80. The molecular formula is C13H14N4OS. The molecule has 0 bridgehead atoms. The number of tetrazole rings is 1. The Morgan fingerprint density at radius 3 is 2.79 bits per heavy atom. The zero-order valence-corrected chi connectivity index (χ0v) is 11.4. The molecule has 1 aromatic heterocycles. The first-order chi connectivity index (χ1) is 9.25. The van der Waals surface area contributed by atoms with E-state index in [2.05, 4.69) is 15.5 Å². The van der Waals surface area contributed by atoms with Gasteiger partial charge in [0.05, 0.1) is 11.3 Å². The fraction of sp³-hybridized carbons (Fsp3) is 0.385. The Bertz CT molecular complexity index is 579. The smallest absolute Gasteiger partial charge is 0.210 e. The van der Waals surface area contributed by atoms with Gasteiger partial charge in [0, 0.05) is 5.56 Å². The highest BCUT2D eigenvalue weighted by Gasteiger charge is 2.29. The standard InChI is InChI=1S/C13H14N4OS/c1-9(12(18)10-5-3-2-4-6-10)19-13-14-15-16-17(13)11-7-8-11/h2-6,9,11H,7-8H2,1H3/t9-/m0/s1. The molecule has 1 heterocycles. The van der Waals surface area contributed by atoms with Gasteiger partial charge in [-0.15, -0.1) is 5.10 Å². The summed E-state index contributed by atoms with van der Waals surface area (Å²) in [4.78, 5) is 12.3. The van der Waals surface area contributed by atoms with Crippen molar-refractivity contribution in [2.24, 2.45) is 0 Å². The van der Waals surface area contributed by atoms with E-state index >= 15 is 0 Å². The van der Waals surface area contributed by atoms with E-state index in [1.807, 2.05) is 41.9 Å². The third-order valence-electron chi connectivity index (χ3n) is 3.07. The lowest BCUT2D eigenvalue weighted by Crippen LogP contribution is -2.14. The van der Waals surface area contributed by atoms with Crippen molar-refractivity contribution in [2.45, 2.75) is 36.2 Å². The number of carbonyl (C=O) groups excluding carboxylic acids is 1. The van der Waals surface area contributed by atoms with Crippen molar-refractivity contribution >= 4 is 17.5 Å². The van der Waals surface area contributed by atoms with Crippen LogP contribution in [0, 0.1) is 0 Å². The summed E-state index contributed by atoms with van der Waals surface area (Å²) in [6, 6.07) is 9.75. The van der Waals surface area contributed by atoms with Gasteiger partial charge in [-0.2, -0.15) is 0 Å². The summed E-state index contributed by atoms with van der Waals surface area (Å²) in [5.41, 5.74) is 0.730. The van der Waals surface area contributed by atoms with Crippen LogP contribution in [0.3, 0.4) is 0 Å². The summed E-state index contributed by atoms with van der Waals surface area (Å²) in [6.07, 6.45) is 2.25. The summed E-state index contributed by atoms with van der Waals surface area (Å²) >= 11 is 1.43. The third-order valence-corrected chi connectivity index (χ3v) is 4.11. The van der Waals surface area contributed by atoms with Crippen molar-refractivity contribution in [3.8, 4) is 0 Å². The lowest BCUT2D eigenvalue weighted by Gasteiger charge is -2.09. The van der Waals surface area contributed by atoms with Gasteiger partial charge in [-0.05, 0) is 30.2 Å². The molecule has 98 valence electrons. The number of nitrogens with zero attached hydrogens (tertiary/aromatic N) is 4. The van der Waals surface area contributed by atoms with Crippen molar-refractivity contribution in [1.29, 1.82) is 0 Å². The quantitative estimate of drug-likeness (QED) is 0.619. The summed E-state index contributed by atoms with van der Waals surface area (Å²) in [5, 5.41) is 12.2. The Balaban J connectivity index is 1.72. The van der Waals surface area contributed by atoms with Crippen molar-refractivity contribution in [3.63, 3.8) is 0 Å². The van der Waals surface area contributed by atoms with Crippen molar-refractivity contribution in [1.82, 2.24) is 20.2 Å². The van der Waals surface area contributed by atoms with E-state index in [9.17, 15) is 4.79 Å². The second-order valence-corrected chi connectivity index (χ2v) is 5.94. The number of hydrogen-bond donors (Lipinski definition) is 0. The number of ketones is 1. The maximum absolute atomic E-state index is 12.3. The SMILES string of the molecule is C[C@H](Sc1nnnn1C1CC1)C(=O)c1ccccc1. The van der Waals surface area contributed by atoms with E-state index in [1.54, 1.807) is 0 Å². The lowest BCUT2D eigenvalue weighted by atomic mass is 10.1. The molecule has 1 aliphatic carbocycles. The topological polar surface area (TPSA) is 60.7 Å². The number of rotatable bonds is 5. The van der Waals surface area contributed by atoms with E-state index in [4.69, 9.17) is 0 Å². The molecule has 0 N–H and O–H groups in total. The van der Waals surface area contributed by atoms with Gasteiger partial charge in [-0.3, -0.25) is 4.79 Å². The molecule has 0 saturated heterocycles. The van der Waals surface area contributed by atoms with Crippen LogP contribution < -0.4 is 0 Å². The van der Waals surface area contributed by atoms with Gasteiger partial charge in [0.15, 0.2) is 5.78 Å². The van der Waals surface area contributed by atoms with Gasteiger partial charge in [-0.1, -0.05) is 42.1 Å². The van der Waals surface area contributed by atoms with Gasteiger partial charge < -0.3 is 0 Å². The number of thioether (sulfide) groups is 1. The molecule has 0 radical (unpaired) electrons. The van der Waals surface area contributed by atoms with Crippen LogP contribution in [-0.4, -0.2) is 31.2 Å². The van der Waals surface area contributed by atoms with Gasteiger partial charge in [-0.25, -0.2) is 4.68 Å². The molecule has 0 amide bonds. The van der Waals surface area contributed by atoms with Crippen LogP contribution in [0.25, 0.3) is 0 Å². The highest BCUT2D eigenvalue weighted by molar-refractivity contribution is 8.00. The Kier molecular flexibility index (Phi) is 3.33. The zero-order valence-electron chi connectivity index (χ0n) is 10.6. The van der Waals surface area contributed by atoms with Crippen LogP contribution in [0.4, 0.5) is 0 Å². The predicted molar refractivity (Wildman–Crippen MR) is 72.2 cm³/mol. The maximum atomic E-state index is 12.3. The molecule has 1 aromatic carbocycles. The monoisotopic (exact) mass is 274 g/mol. The average molecular weight is 274 g/mol. The van der Waals surface area contributed by atoms with E-state index in [0.717, 1.165) is 23.6 Å². The molecule has 1 fully saturated rings. The Morgan fingerprint density at radius 1 is 1.37 bits per heavy atom. The van der Waals surface area contributed by atoms with Gasteiger partial charge in [0.25, 0.3) is 0 Å². The zero-order chi connectivity index (χ0) is 13.2. The van der Waals surface area contributed by atoms with E-state index < -0.39 is 0 Å². The Labute approximate surface area is 115 Å². The fourth-order valence-electron chi connectivity index (χ4n) is 1.86. The summed E-state index contributed by atoms with van der Waals surface area (Å²) < 4.78 is 1.83. The first-order valence-electron chi connectivity index (χ1n) is 6.29. The number of benzene rings is 1. The molecule has 19 heavy (non-hydrogen) atoms. The van der Waals surface area contributed by atoms with Gasteiger partial charge in [0.2, 0.25) is 5.16 Å². The van der Waals surface area contributed by atoms with Crippen molar-refractivity contribution in [2.75, 3.05) is 0 Å². The highest BCUT2D eigenvalue weighted by Crippen LogP contribution is 2.37. The molecule has 2 aromatic rings. The number of carbonyl (C=O) groups is 1. The molecule has 0 aliphatic heterocycles. The van der Waals surface area contributed by atoms with Crippen LogP contribution in [0.1, 0.15) is 36.2 Å². The van der Waals surface area contributed by atoms with Gasteiger partial charge >= 0.3 is 0 Å². The Morgan fingerprint density at radius 2 is 2.11 bits per heavy atom. The minimum atomic E-state index is -0.189. The Hall–Kier alpha value is -1.69. The second kappa shape index (κ2) is 5.13. The van der Waals surface area contributed by atoms with E-state index in [-0.39, 0.29) is 11.0 Å². The minimum absolute atomic E-state index is 0.107. The number of Topliss-reactive ketones (excluding diaryl/α,β-unsaturated/α-hetero) is 1. The molecule has 0 unspecified atom stereocenters. The van der Waals surface area contributed by atoms with E-state index in [0.29, 0.717) is 6.04 Å². The summed E-state index contributed by atoms with van der Waals surface area (Å²) in [7, 11) is 0. The molecule has 5 nitrogen and oxygen atoms in total. The lowest BCUT2D eigenvalue weighted by molar-refractivity contribution is 0.0994. The molecule has 6 heteroatoms. The number of aromatic nitrogens is 4. The summed E-state index contributed by atoms with van der Waals surface area (Å²) in [5.74, 6) is 0.107. The normalized spacial score (nSPS) is 16.3. The molecule has 1 saturated carbocycles. The predicted octanol–water partition coefficient (Wildman–Crippen LogP) is 2.37. The number of hydrogen-bond acceptors (Lipinski definition) is 5. The maximum Gasteiger partial charge on any atom is 0.210 e. The largest absolute Gasteiger partial charge is 0.293 e. The second-order valence-electron chi connectivity index (χ2n) is 4.63. The van der Waals surface area contributed by atoms with Crippen LogP contribution in [-0.2, 0) is 0 Å². The van der Waals surface area contributed by atoms with Crippen LogP contribution in [0.15, 0.2) is 35.5 Å². The van der Waals surface area contributed by atoms with Gasteiger partial charge in [0.1, 0.15) is 0 Å². The van der Waals surface area contributed by atoms with Crippen molar-refractivity contribution < 1.29 is 4.79 Å². The molecular weight excluding hydrogens is 260 g/mol. The first-order valence-corrected chi connectivity index (χ1v) is 7.17. The van der Waals surface area contributed by atoms with Crippen LogP contribution in [0.5, 0.6) is 0 Å². The minimum Gasteiger partial charge on any atom is -0.293 e. The van der Waals surface area contributed by atoms with Crippen molar-refractivity contribution in [3.05, 3.63) is 35.9 Å². The highest BCUT2D eigenvalue weighted by atomic mass is 32.2. The van der Waals surface area contributed by atoms with E-state index in [1.165, 1.54) is 11.8 Å².